The summed E-state index contributed by atoms with van der Waals surface area (Å²) >= 11 is 0. The molecule has 3 heterocycles. The van der Waals surface area contributed by atoms with Crippen LogP contribution in [-0.4, -0.2) is 22.6 Å². The number of aromatic nitrogens is 3. The van der Waals surface area contributed by atoms with Crippen molar-refractivity contribution >= 4 is 46.2 Å². The van der Waals surface area contributed by atoms with E-state index in [-0.39, 0.29) is 31.6 Å². The monoisotopic (exact) mass is 1070 g/mol. The largest absolute Gasteiger partial charge is 0.501 e. The molecule has 0 aliphatic heterocycles. The standard InChI is InChI=1S/C38H33N2O.C22H30NSi.Ir/c1-23(2)31-21-27(26-12-7-6-8-13-26)22-32(24(3)4)36(31)40-34-17-10-9-16-33(34)39-38(40)30-15-11-14-29-28-19-18-25(5)20-35(28)41-37(29)30;1-17-10-12-19(13-11-17)21-15-20(14-18-8-6-5-7-9-18)22(16-23-21)24(2,3)4;/h6-14,16-24H,1-5H3;10-12,15-16,18H,5-9,14H2,1-4H3;/q2*-1;/i;1D3,14D2;. The summed E-state index contributed by atoms with van der Waals surface area (Å²) in [5.74, 6) is 1.48. The molecule has 0 spiro atoms. The SMILES string of the molecule is Cc1ccc2c(c1)oc1c(-c3nc4ccccc4n3-c3c(C(C)C)cc(-c4ccccc4)cc3C(C)C)[c-]ccc12.[2H]C([2H])([2H])c1c[c-]c(-c2cc(C([2H])([2H])C3CCCCC3)c([Si](C)(C)C)cn2)cc1.[Ir]. The second kappa shape index (κ2) is 19.8. The van der Waals surface area contributed by atoms with E-state index in [2.05, 4.69) is 167 Å². The zero-order valence-electron chi connectivity index (χ0n) is 44.5. The van der Waals surface area contributed by atoms with Crippen molar-refractivity contribution in [3.8, 4) is 39.5 Å². The van der Waals surface area contributed by atoms with Gasteiger partial charge in [-0.2, -0.15) is 0 Å². The van der Waals surface area contributed by atoms with E-state index in [1.54, 1.807) is 12.1 Å². The Balaban J connectivity index is 0.000000200. The fourth-order valence-electron chi connectivity index (χ4n) is 9.42. The Kier molecular flexibility index (Phi) is 12.3. The minimum Gasteiger partial charge on any atom is -0.501 e. The average Bonchev–Trinajstić information content (AvgIpc) is 3.92. The van der Waals surface area contributed by atoms with Crippen molar-refractivity contribution in [2.45, 2.75) is 111 Å². The Morgan fingerprint density at radius 2 is 1.50 bits per heavy atom. The van der Waals surface area contributed by atoms with E-state index in [1.165, 1.54) is 46.0 Å². The number of para-hydroxylation sites is 2. The van der Waals surface area contributed by atoms with Gasteiger partial charge < -0.3 is 14.0 Å². The first-order valence-corrected chi connectivity index (χ1v) is 26.9. The first-order valence-electron chi connectivity index (χ1n) is 25.9. The molecule has 0 saturated heterocycles. The van der Waals surface area contributed by atoms with Crippen LogP contribution >= 0.6 is 0 Å². The molecule has 0 N–H and O–H groups in total. The molecule has 0 atom stereocenters. The molecule has 10 rings (SSSR count). The molecule has 1 radical (unpaired) electrons. The number of rotatable bonds is 9. The van der Waals surface area contributed by atoms with Gasteiger partial charge in [0.1, 0.15) is 5.58 Å². The molecule has 9 aromatic rings. The number of pyridine rings is 1. The van der Waals surface area contributed by atoms with E-state index in [9.17, 15) is 0 Å². The van der Waals surface area contributed by atoms with E-state index >= 15 is 0 Å². The first kappa shape index (κ1) is 40.8. The number of hydrogen-bond acceptors (Lipinski definition) is 3. The van der Waals surface area contributed by atoms with Crippen LogP contribution in [0.4, 0.5) is 0 Å². The van der Waals surface area contributed by atoms with Gasteiger partial charge in [-0.1, -0.05) is 163 Å². The molecule has 1 aliphatic carbocycles. The molecule has 66 heavy (non-hydrogen) atoms. The van der Waals surface area contributed by atoms with Gasteiger partial charge >= 0.3 is 0 Å². The van der Waals surface area contributed by atoms with E-state index in [1.807, 2.05) is 18.3 Å². The molecule has 4 nitrogen and oxygen atoms in total. The Hall–Kier alpha value is -5.39. The topological polar surface area (TPSA) is 43.9 Å². The summed E-state index contributed by atoms with van der Waals surface area (Å²) in [5, 5.41) is 3.26. The van der Waals surface area contributed by atoms with Crippen LogP contribution in [0.2, 0.25) is 19.6 Å². The zero-order valence-corrected chi connectivity index (χ0v) is 42.9. The van der Waals surface area contributed by atoms with Crippen molar-refractivity contribution < 1.29 is 31.4 Å². The summed E-state index contributed by atoms with van der Waals surface area (Å²) in [5.41, 5.74) is 14.4. The van der Waals surface area contributed by atoms with E-state index < -0.39 is 21.3 Å². The Bertz CT molecular complexity index is 3300. The van der Waals surface area contributed by atoms with Gasteiger partial charge in [0.2, 0.25) is 0 Å². The van der Waals surface area contributed by atoms with Crippen LogP contribution in [-0.2, 0) is 26.5 Å². The van der Waals surface area contributed by atoms with Crippen molar-refractivity contribution in [2.75, 3.05) is 0 Å². The molecule has 1 saturated carbocycles. The van der Waals surface area contributed by atoms with E-state index in [4.69, 9.17) is 16.3 Å². The second-order valence-corrected chi connectivity index (χ2v) is 24.5. The number of aryl methyl sites for hydroxylation is 2. The maximum Gasteiger partial charge on any atom is 0.121 e. The van der Waals surface area contributed by atoms with Crippen LogP contribution in [0.3, 0.4) is 0 Å². The molecule has 6 aromatic carbocycles. The van der Waals surface area contributed by atoms with E-state index in [0.717, 1.165) is 80.8 Å². The van der Waals surface area contributed by atoms with Crippen LogP contribution in [0.5, 0.6) is 0 Å². The van der Waals surface area contributed by atoms with Crippen molar-refractivity contribution in [3.05, 3.63) is 167 Å². The van der Waals surface area contributed by atoms with Gasteiger partial charge in [-0.25, -0.2) is 0 Å². The first-order chi connectivity index (χ1) is 33.3. The van der Waals surface area contributed by atoms with Crippen molar-refractivity contribution in [1.82, 2.24) is 14.5 Å². The Morgan fingerprint density at radius 1 is 0.788 bits per heavy atom. The molecule has 0 amide bonds. The maximum atomic E-state index is 9.03. The second-order valence-electron chi connectivity index (χ2n) is 19.5. The zero-order chi connectivity index (χ0) is 49.7. The third-order valence-corrected chi connectivity index (χ3v) is 14.9. The van der Waals surface area contributed by atoms with Gasteiger partial charge in [-0.05, 0) is 100 Å². The van der Waals surface area contributed by atoms with Gasteiger partial charge in [0, 0.05) is 44.2 Å². The smallest absolute Gasteiger partial charge is 0.121 e. The van der Waals surface area contributed by atoms with Gasteiger partial charge in [0.25, 0.3) is 0 Å². The molecule has 3 aromatic heterocycles. The summed E-state index contributed by atoms with van der Waals surface area (Å²) in [6.45, 7) is 15.7. The number of benzene rings is 6. The van der Waals surface area contributed by atoms with Crippen LogP contribution in [0.25, 0.3) is 72.4 Å². The van der Waals surface area contributed by atoms with Gasteiger partial charge in [-0.3, -0.25) is 4.98 Å². The molecule has 0 unspecified atom stereocenters. The van der Waals surface area contributed by atoms with Gasteiger partial charge in [0.15, 0.2) is 0 Å². The van der Waals surface area contributed by atoms with Crippen LogP contribution in [0.1, 0.15) is 106 Å². The van der Waals surface area contributed by atoms with Gasteiger partial charge in [0.05, 0.1) is 30.5 Å². The summed E-state index contributed by atoms with van der Waals surface area (Å²) < 4.78 is 49.6. The quantitative estimate of drug-likeness (QED) is 0.107. The fourth-order valence-corrected chi connectivity index (χ4v) is 10.8. The summed E-state index contributed by atoms with van der Waals surface area (Å²) in [7, 11) is -1.80. The molecular weight excluding hydrogens is 999 g/mol. The summed E-state index contributed by atoms with van der Waals surface area (Å²) in [4.78, 5) is 9.87. The number of nitrogens with zero attached hydrogens (tertiary/aromatic N) is 3. The predicted octanol–water partition coefficient (Wildman–Crippen LogP) is 16.1. The minimum atomic E-state index is -2.16. The van der Waals surface area contributed by atoms with Crippen LogP contribution in [0, 0.1) is 31.8 Å². The minimum absolute atomic E-state index is 0. The summed E-state index contributed by atoms with van der Waals surface area (Å²) in [6, 6.07) is 47.6. The number of imidazole rings is 1. The number of furan rings is 1. The molecule has 0 bridgehead atoms. The van der Waals surface area contributed by atoms with Crippen LogP contribution in [0.15, 0.2) is 132 Å². The molecular formula is C60H63IrN3OSi-2. The van der Waals surface area contributed by atoms with Crippen molar-refractivity contribution in [1.29, 1.82) is 0 Å². The number of fused-ring (bicyclic) bond motifs is 4. The fraction of sp³-hybridized carbons (Fsp3) is 0.300. The third kappa shape index (κ3) is 9.70. The molecule has 1 fully saturated rings. The average molecular weight is 1070 g/mol. The number of hydrogen-bond donors (Lipinski definition) is 0. The van der Waals surface area contributed by atoms with Crippen molar-refractivity contribution in [3.63, 3.8) is 0 Å². The molecule has 1 aliphatic rings. The van der Waals surface area contributed by atoms with Crippen molar-refractivity contribution in [2.24, 2.45) is 5.92 Å². The van der Waals surface area contributed by atoms with Gasteiger partial charge in [-0.15, -0.1) is 53.6 Å². The summed E-state index contributed by atoms with van der Waals surface area (Å²) in [6.07, 6.45) is 5.68. The predicted molar refractivity (Wildman–Crippen MR) is 277 cm³/mol. The Labute approximate surface area is 414 Å². The van der Waals surface area contributed by atoms with Crippen LogP contribution < -0.4 is 5.19 Å². The maximum absolute atomic E-state index is 9.03. The van der Waals surface area contributed by atoms with E-state index in [0.29, 0.717) is 23.1 Å². The third-order valence-electron chi connectivity index (χ3n) is 12.9. The Morgan fingerprint density at radius 3 is 2.18 bits per heavy atom. The molecule has 6 heteroatoms. The molecule has 339 valence electrons. The normalized spacial score (nSPS) is 14.9.